The molecule has 0 radical (unpaired) electrons. The maximum atomic E-state index is 13.3. The van der Waals surface area contributed by atoms with Gasteiger partial charge in [0.05, 0.1) is 25.2 Å². The molecule has 2 saturated heterocycles. The van der Waals surface area contributed by atoms with Gasteiger partial charge < -0.3 is 34.3 Å². The highest BCUT2D eigenvalue weighted by molar-refractivity contribution is 5.98. The van der Waals surface area contributed by atoms with E-state index in [0.29, 0.717) is 17.6 Å². The lowest BCUT2D eigenvalue weighted by molar-refractivity contribution is -0.264. The summed E-state index contributed by atoms with van der Waals surface area (Å²) in [5.74, 6) is -2.17. The predicted molar refractivity (Wildman–Crippen MR) is 113 cm³/mol. The summed E-state index contributed by atoms with van der Waals surface area (Å²) in [4.78, 5) is 26.0. The Labute approximate surface area is 193 Å². The van der Waals surface area contributed by atoms with Crippen LogP contribution in [0.25, 0.3) is 0 Å². The molecule has 9 heteroatoms. The average Bonchev–Trinajstić information content (AvgIpc) is 3.20. The van der Waals surface area contributed by atoms with Crippen molar-refractivity contribution in [3.63, 3.8) is 0 Å². The van der Waals surface area contributed by atoms with Crippen LogP contribution in [0.4, 0.5) is 4.79 Å². The highest BCUT2D eigenvalue weighted by atomic mass is 16.8. The van der Waals surface area contributed by atoms with Crippen molar-refractivity contribution in [3.05, 3.63) is 11.1 Å². The number of allylic oxidation sites excluding steroid dienone is 1. The minimum atomic E-state index is -2.01. The number of carbonyl (C=O) groups is 2. The van der Waals surface area contributed by atoms with Gasteiger partial charge in [0.1, 0.15) is 11.7 Å². The lowest BCUT2D eigenvalue weighted by atomic mass is 9.46. The first kappa shape index (κ1) is 23.2. The van der Waals surface area contributed by atoms with Crippen LogP contribution in [0.5, 0.6) is 0 Å². The van der Waals surface area contributed by atoms with E-state index < -0.39 is 70.9 Å². The predicted octanol–water partition coefficient (Wildman–Crippen LogP) is 1.61. The Hall–Kier alpha value is -1.52. The van der Waals surface area contributed by atoms with Gasteiger partial charge in [-0.3, -0.25) is 4.79 Å². The quantitative estimate of drug-likeness (QED) is 0.493. The molecule has 0 unspecified atom stereocenters. The summed E-state index contributed by atoms with van der Waals surface area (Å²) < 4.78 is 24.5. The minimum absolute atomic E-state index is 0.127. The van der Waals surface area contributed by atoms with E-state index in [1.807, 2.05) is 20.8 Å². The fourth-order valence-electron chi connectivity index (χ4n) is 7.61. The molecule has 2 bridgehead atoms. The molecule has 2 heterocycles. The molecule has 8 atom stereocenters. The molecule has 5 aliphatic rings. The molecule has 0 aromatic heterocycles. The Morgan fingerprint density at radius 2 is 1.73 bits per heavy atom. The van der Waals surface area contributed by atoms with Crippen LogP contribution in [0.2, 0.25) is 0 Å². The standard InChI is InChI=1S/C24H34O9/c1-11-12(26)9-24-18(30-19(28)33-24)16-22(6,8-7-13(27)23(16,29)10-25)17-15(14(11)20(24,2)3)31-21(4,5)32-17/h13,15-18,25,27,29H,7-10H2,1-6H3/t13-,15+,16-,17-,18-,22+,23-,24+/m0/s1. The third-order valence-electron chi connectivity index (χ3n) is 9.29. The zero-order valence-corrected chi connectivity index (χ0v) is 20.0. The SMILES string of the molecule is CC1=C2[C@H]3OC(C)(C)O[C@@H]3[C@]3(C)CC[C@H](O)[C@@](O)(CO)[C@H]3[C@@H]3OC(=O)O[C@@]3(CC1=O)C2(C)C. The van der Waals surface area contributed by atoms with Crippen LogP contribution in [0.1, 0.15) is 60.8 Å². The van der Waals surface area contributed by atoms with Gasteiger partial charge in [-0.15, -0.1) is 0 Å². The second kappa shape index (κ2) is 6.57. The van der Waals surface area contributed by atoms with E-state index in [-0.39, 0.29) is 18.6 Å². The summed E-state index contributed by atoms with van der Waals surface area (Å²) >= 11 is 0. The molecule has 4 fully saturated rings. The summed E-state index contributed by atoms with van der Waals surface area (Å²) in [6.45, 7) is 10.3. The van der Waals surface area contributed by atoms with Crippen molar-refractivity contribution in [2.24, 2.45) is 16.7 Å². The van der Waals surface area contributed by atoms with Crippen molar-refractivity contribution in [1.29, 1.82) is 0 Å². The third kappa shape index (κ3) is 2.66. The fourth-order valence-corrected chi connectivity index (χ4v) is 7.61. The summed E-state index contributed by atoms with van der Waals surface area (Å²) in [5.41, 5.74) is -4.00. The Kier molecular flexibility index (Phi) is 4.63. The van der Waals surface area contributed by atoms with Crippen LogP contribution in [0.3, 0.4) is 0 Å². The van der Waals surface area contributed by atoms with Crippen LogP contribution < -0.4 is 0 Å². The lowest BCUT2D eigenvalue weighted by Gasteiger charge is -2.62. The molecular formula is C24H34O9. The summed E-state index contributed by atoms with van der Waals surface area (Å²) in [5, 5.41) is 33.0. The largest absolute Gasteiger partial charge is 0.509 e. The van der Waals surface area contributed by atoms with E-state index in [9.17, 15) is 24.9 Å². The van der Waals surface area contributed by atoms with Gasteiger partial charge in [-0.1, -0.05) is 20.8 Å². The molecule has 2 saturated carbocycles. The maximum Gasteiger partial charge on any atom is 0.509 e. The van der Waals surface area contributed by atoms with Crippen LogP contribution in [-0.4, -0.2) is 75.3 Å². The summed E-state index contributed by atoms with van der Waals surface area (Å²) in [7, 11) is 0. The van der Waals surface area contributed by atoms with Crippen molar-refractivity contribution in [3.8, 4) is 0 Å². The first-order valence-corrected chi connectivity index (χ1v) is 11.7. The zero-order valence-electron chi connectivity index (χ0n) is 20.0. The molecule has 3 N–H and O–H groups in total. The molecule has 9 nitrogen and oxygen atoms in total. The lowest BCUT2D eigenvalue weighted by Crippen LogP contribution is -2.74. The van der Waals surface area contributed by atoms with E-state index in [4.69, 9.17) is 18.9 Å². The van der Waals surface area contributed by atoms with Crippen molar-refractivity contribution >= 4 is 11.9 Å². The molecule has 33 heavy (non-hydrogen) atoms. The van der Waals surface area contributed by atoms with Gasteiger partial charge >= 0.3 is 6.16 Å². The molecule has 5 rings (SSSR count). The Bertz CT molecular complexity index is 954. The van der Waals surface area contributed by atoms with Gasteiger partial charge in [0.2, 0.25) is 0 Å². The second-order valence-corrected chi connectivity index (χ2v) is 11.7. The van der Waals surface area contributed by atoms with Gasteiger partial charge in [0.15, 0.2) is 23.3 Å². The third-order valence-corrected chi connectivity index (χ3v) is 9.29. The van der Waals surface area contributed by atoms with Gasteiger partial charge in [-0.05, 0) is 44.8 Å². The van der Waals surface area contributed by atoms with E-state index in [1.54, 1.807) is 20.8 Å². The first-order valence-electron chi connectivity index (χ1n) is 11.7. The van der Waals surface area contributed by atoms with Crippen molar-refractivity contribution in [1.82, 2.24) is 0 Å². The van der Waals surface area contributed by atoms with Crippen LogP contribution in [0.15, 0.2) is 11.1 Å². The molecule has 0 aromatic carbocycles. The number of rotatable bonds is 1. The van der Waals surface area contributed by atoms with Gasteiger partial charge in [-0.25, -0.2) is 4.79 Å². The van der Waals surface area contributed by atoms with Crippen LogP contribution >= 0.6 is 0 Å². The molecule has 2 aliphatic heterocycles. The number of Topliss-reactive ketones (excluding diaryl/α,β-unsaturated/α-hetero) is 1. The van der Waals surface area contributed by atoms with E-state index in [0.717, 1.165) is 0 Å². The van der Waals surface area contributed by atoms with Gasteiger partial charge in [0.25, 0.3) is 0 Å². The van der Waals surface area contributed by atoms with Crippen molar-refractivity contribution in [2.75, 3.05) is 6.61 Å². The number of aliphatic hydroxyl groups is 3. The first-order chi connectivity index (χ1) is 15.1. The zero-order chi connectivity index (χ0) is 24.4. The monoisotopic (exact) mass is 466 g/mol. The Balaban J connectivity index is 1.86. The summed E-state index contributed by atoms with van der Waals surface area (Å²) in [6.07, 6.45) is -4.06. The number of hydrogen-bond donors (Lipinski definition) is 3. The number of carbonyl (C=O) groups excluding carboxylic acids is 2. The number of hydrogen-bond acceptors (Lipinski definition) is 9. The van der Waals surface area contributed by atoms with Crippen molar-refractivity contribution in [2.45, 2.75) is 102 Å². The maximum absolute atomic E-state index is 13.3. The summed E-state index contributed by atoms with van der Waals surface area (Å²) in [6, 6.07) is 0. The molecule has 184 valence electrons. The smallest absolute Gasteiger partial charge is 0.426 e. The van der Waals surface area contributed by atoms with Gasteiger partial charge in [0, 0.05) is 16.7 Å². The average molecular weight is 467 g/mol. The minimum Gasteiger partial charge on any atom is -0.426 e. The Morgan fingerprint density at radius 1 is 1.06 bits per heavy atom. The number of ketones is 1. The van der Waals surface area contributed by atoms with E-state index in [2.05, 4.69) is 0 Å². The fraction of sp³-hybridized carbons (Fsp3) is 0.833. The number of fused-ring (bicyclic) bond motifs is 6. The highest BCUT2D eigenvalue weighted by Crippen LogP contribution is 2.66. The van der Waals surface area contributed by atoms with E-state index in [1.165, 1.54) is 0 Å². The normalized spacial score (nSPS) is 49.9. The molecule has 0 amide bonds. The topological polar surface area (TPSA) is 132 Å². The second-order valence-electron chi connectivity index (χ2n) is 11.7. The molecule has 0 aromatic rings. The Morgan fingerprint density at radius 3 is 2.36 bits per heavy atom. The molecular weight excluding hydrogens is 432 g/mol. The van der Waals surface area contributed by atoms with E-state index >= 15 is 0 Å². The molecule has 3 aliphatic carbocycles. The van der Waals surface area contributed by atoms with Crippen molar-refractivity contribution < 1.29 is 43.9 Å². The highest BCUT2D eigenvalue weighted by Gasteiger charge is 2.77. The van der Waals surface area contributed by atoms with Crippen LogP contribution in [-0.2, 0) is 23.7 Å². The van der Waals surface area contributed by atoms with Gasteiger partial charge in [-0.2, -0.15) is 0 Å². The number of aliphatic hydroxyl groups excluding tert-OH is 2. The molecule has 1 spiro atoms. The number of ether oxygens (including phenoxy) is 4. The van der Waals surface area contributed by atoms with Crippen LogP contribution in [0, 0.1) is 16.7 Å².